The first-order chi connectivity index (χ1) is 6.08. The molecule has 0 saturated carbocycles. The minimum Gasteiger partial charge on any atom is -0.329 e. The highest BCUT2D eigenvalue weighted by molar-refractivity contribution is 9.10. The largest absolute Gasteiger partial charge is 0.329 e. The Kier molecular flexibility index (Phi) is 3.87. The Morgan fingerprint density at radius 3 is 2.77 bits per heavy atom. The summed E-state index contributed by atoms with van der Waals surface area (Å²) in [7, 11) is -3.37. The van der Waals surface area contributed by atoms with E-state index in [4.69, 9.17) is 5.73 Å². The van der Waals surface area contributed by atoms with Crippen LogP contribution in [0, 0.1) is 0 Å². The summed E-state index contributed by atoms with van der Waals surface area (Å²) in [4.78, 5) is 0. The molecule has 1 aromatic rings. The van der Waals surface area contributed by atoms with Crippen LogP contribution in [0.2, 0.25) is 0 Å². The highest BCUT2D eigenvalue weighted by Gasteiger charge is 2.17. The summed E-state index contributed by atoms with van der Waals surface area (Å²) in [6.45, 7) is 0.550. The van der Waals surface area contributed by atoms with Gasteiger partial charge >= 0.3 is 0 Å². The first kappa shape index (κ1) is 11.1. The van der Waals surface area contributed by atoms with Gasteiger partial charge in [0.1, 0.15) is 4.21 Å². The zero-order valence-corrected chi connectivity index (χ0v) is 9.88. The number of rotatable bonds is 4. The fourth-order valence-corrected chi connectivity index (χ4v) is 4.16. The van der Waals surface area contributed by atoms with E-state index < -0.39 is 10.0 Å². The third-order valence-electron chi connectivity index (χ3n) is 1.26. The van der Waals surface area contributed by atoms with Crippen LogP contribution in [0.1, 0.15) is 0 Å². The first-order valence-electron chi connectivity index (χ1n) is 3.50. The Morgan fingerprint density at radius 2 is 2.31 bits per heavy atom. The molecule has 74 valence electrons. The van der Waals surface area contributed by atoms with E-state index in [1.54, 1.807) is 11.4 Å². The van der Waals surface area contributed by atoms with Gasteiger partial charge in [0.25, 0.3) is 10.0 Å². The number of hydrogen-bond donors (Lipinski definition) is 2. The predicted octanol–water partition coefficient (Wildman–Crippen LogP) is 0.748. The number of nitrogens with two attached hydrogens (primary N) is 1. The van der Waals surface area contributed by atoms with Crippen molar-refractivity contribution in [2.24, 2.45) is 5.73 Å². The lowest BCUT2D eigenvalue weighted by Crippen LogP contribution is -2.28. The van der Waals surface area contributed by atoms with Crippen LogP contribution in [-0.2, 0) is 10.0 Å². The van der Waals surface area contributed by atoms with E-state index in [1.165, 1.54) is 11.3 Å². The summed E-state index contributed by atoms with van der Waals surface area (Å²) in [6.07, 6.45) is 0. The van der Waals surface area contributed by atoms with Crippen LogP contribution >= 0.6 is 27.3 Å². The summed E-state index contributed by atoms with van der Waals surface area (Å²) < 4.78 is 26.2. The molecule has 0 saturated heterocycles. The molecule has 0 fully saturated rings. The van der Waals surface area contributed by atoms with E-state index in [0.29, 0.717) is 15.2 Å². The lowest BCUT2D eigenvalue weighted by molar-refractivity contribution is 0.584. The van der Waals surface area contributed by atoms with Gasteiger partial charge in [-0.05, 0) is 27.4 Å². The van der Waals surface area contributed by atoms with Crippen molar-refractivity contribution in [3.63, 3.8) is 0 Å². The number of halogens is 1. The highest BCUT2D eigenvalue weighted by Crippen LogP contribution is 2.26. The van der Waals surface area contributed by atoms with E-state index in [2.05, 4.69) is 20.7 Å². The maximum absolute atomic E-state index is 11.5. The maximum atomic E-state index is 11.5. The molecule has 0 aromatic carbocycles. The third kappa shape index (κ3) is 2.75. The van der Waals surface area contributed by atoms with Gasteiger partial charge in [0.15, 0.2) is 0 Å². The Balaban J connectivity index is 2.88. The molecule has 0 bridgehead atoms. The van der Waals surface area contributed by atoms with Crippen LogP contribution in [0.4, 0.5) is 0 Å². The molecule has 0 aliphatic heterocycles. The fourth-order valence-electron chi connectivity index (χ4n) is 0.730. The van der Waals surface area contributed by atoms with E-state index in [0.717, 1.165) is 0 Å². The normalized spacial score (nSPS) is 11.8. The smallest absolute Gasteiger partial charge is 0.251 e. The van der Waals surface area contributed by atoms with Crippen molar-refractivity contribution >= 4 is 37.3 Å². The van der Waals surface area contributed by atoms with E-state index >= 15 is 0 Å². The van der Waals surface area contributed by atoms with Crippen LogP contribution in [-0.4, -0.2) is 21.5 Å². The monoisotopic (exact) mass is 284 g/mol. The molecule has 0 unspecified atom stereocenters. The lowest BCUT2D eigenvalue weighted by Gasteiger charge is -2.02. The van der Waals surface area contributed by atoms with Crippen molar-refractivity contribution in [3.05, 3.63) is 15.9 Å². The number of thiophene rings is 1. The molecule has 0 aliphatic rings. The second-order valence-electron chi connectivity index (χ2n) is 2.24. The molecule has 3 N–H and O–H groups in total. The minimum absolute atomic E-state index is 0.257. The molecule has 13 heavy (non-hydrogen) atoms. The minimum atomic E-state index is -3.37. The van der Waals surface area contributed by atoms with E-state index in [-0.39, 0.29) is 6.54 Å². The number of hydrogen-bond acceptors (Lipinski definition) is 4. The van der Waals surface area contributed by atoms with Gasteiger partial charge in [-0.25, -0.2) is 13.1 Å². The average molecular weight is 285 g/mol. The molecule has 1 heterocycles. The molecule has 4 nitrogen and oxygen atoms in total. The fraction of sp³-hybridized carbons (Fsp3) is 0.333. The Bertz CT molecular complexity index is 374. The van der Waals surface area contributed by atoms with Crippen molar-refractivity contribution in [2.75, 3.05) is 13.1 Å². The van der Waals surface area contributed by atoms with Crippen LogP contribution in [0.5, 0.6) is 0 Å². The summed E-state index contributed by atoms with van der Waals surface area (Å²) in [5, 5.41) is 1.71. The van der Waals surface area contributed by atoms with Crippen LogP contribution in [0.3, 0.4) is 0 Å². The molecule has 1 rings (SSSR count). The first-order valence-corrected chi connectivity index (χ1v) is 6.66. The molecule has 7 heteroatoms. The Hall–Kier alpha value is 0.0500. The SMILES string of the molecule is NCCNS(=O)(=O)c1sccc1Br. The molecular formula is C6H9BrN2O2S2. The van der Waals surface area contributed by atoms with Gasteiger partial charge in [-0.1, -0.05) is 0 Å². The summed E-state index contributed by atoms with van der Waals surface area (Å²) in [6, 6.07) is 1.70. The molecule has 0 aliphatic carbocycles. The second-order valence-corrected chi connectivity index (χ2v) is 5.98. The van der Waals surface area contributed by atoms with E-state index in [1.807, 2.05) is 0 Å². The topological polar surface area (TPSA) is 72.2 Å². The van der Waals surface area contributed by atoms with Gasteiger partial charge in [-0.3, -0.25) is 0 Å². The second kappa shape index (κ2) is 4.52. The lowest BCUT2D eigenvalue weighted by atomic mass is 10.7. The maximum Gasteiger partial charge on any atom is 0.251 e. The van der Waals surface area contributed by atoms with Crippen LogP contribution in [0.25, 0.3) is 0 Å². The van der Waals surface area contributed by atoms with Crippen LogP contribution in [0.15, 0.2) is 20.1 Å². The zero-order chi connectivity index (χ0) is 9.90. The van der Waals surface area contributed by atoms with Crippen LogP contribution < -0.4 is 10.5 Å². The van der Waals surface area contributed by atoms with Crippen molar-refractivity contribution < 1.29 is 8.42 Å². The molecule has 0 radical (unpaired) electrons. The van der Waals surface area contributed by atoms with Crippen molar-refractivity contribution in [3.8, 4) is 0 Å². The van der Waals surface area contributed by atoms with Gasteiger partial charge in [0.05, 0.1) is 0 Å². The average Bonchev–Trinajstić information content (AvgIpc) is 2.48. The third-order valence-corrected chi connectivity index (χ3v) is 5.40. The quantitative estimate of drug-likeness (QED) is 0.857. The van der Waals surface area contributed by atoms with Gasteiger partial charge in [-0.2, -0.15) is 0 Å². The van der Waals surface area contributed by atoms with Gasteiger partial charge in [0, 0.05) is 17.6 Å². The predicted molar refractivity (Wildman–Crippen MR) is 56.3 cm³/mol. The summed E-state index contributed by atoms with van der Waals surface area (Å²) >= 11 is 4.32. The molecule has 0 atom stereocenters. The zero-order valence-electron chi connectivity index (χ0n) is 6.66. The van der Waals surface area contributed by atoms with Crippen molar-refractivity contribution in [2.45, 2.75) is 4.21 Å². The number of sulfonamides is 1. The van der Waals surface area contributed by atoms with E-state index in [9.17, 15) is 8.42 Å². The summed E-state index contributed by atoms with van der Waals surface area (Å²) in [5.41, 5.74) is 5.19. The van der Waals surface area contributed by atoms with Gasteiger partial charge in [0.2, 0.25) is 0 Å². The van der Waals surface area contributed by atoms with Gasteiger partial charge < -0.3 is 5.73 Å². The molecule has 0 amide bonds. The molecule has 1 aromatic heterocycles. The van der Waals surface area contributed by atoms with Crippen molar-refractivity contribution in [1.29, 1.82) is 0 Å². The van der Waals surface area contributed by atoms with Gasteiger partial charge in [-0.15, -0.1) is 11.3 Å². The highest BCUT2D eigenvalue weighted by atomic mass is 79.9. The Morgan fingerprint density at radius 1 is 1.62 bits per heavy atom. The molecule has 0 spiro atoms. The van der Waals surface area contributed by atoms with Crippen molar-refractivity contribution in [1.82, 2.24) is 4.72 Å². The molecular weight excluding hydrogens is 276 g/mol. The summed E-state index contributed by atoms with van der Waals surface area (Å²) in [5.74, 6) is 0. The standard InChI is InChI=1S/C6H9BrN2O2S2/c7-5-1-4-12-6(5)13(10,11)9-3-2-8/h1,4,9H,2-3,8H2. The number of nitrogens with one attached hydrogen (secondary N) is 1. The Labute approximate surface area is 89.3 Å².